The molecule has 0 spiro atoms. The molecule has 0 aliphatic carbocycles. The molecule has 1 unspecified atom stereocenters. The van der Waals surface area contributed by atoms with Gasteiger partial charge < -0.3 is 9.88 Å². The van der Waals surface area contributed by atoms with Gasteiger partial charge in [0.15, 0.2) is 0 Å². The standard InChI is InChI=1S/C25H27N3O/c1-18(29)28-17-22(23-4-2-3-5-25(23)28)11-15-27-13-9-19(10-14-27)20-6-7-24-21(16-20)8-12-26-24/h2-9,12,16,22,26H,10-11,13-15,17H2,1H3. The number of H-pyrrole nitrogens is 1. The van der Waals surface area contributed by atoms with Crippen LogP contribution >= 0.6 is 0 Å². The molecule has 5 rings (SSSR count). The largest absolute Gasteiger partial charge is 0.361 e. The van der Waals surface area contributed by atoms with Crippen molar-refractivity contribution in [3.63, 3.8) is 0 Å². The second-order valence-electron chi connectivity index (χ2n) is 8.23. The second-order valence-corrected chi connectivity index (χ2v) is 8.23. The molecule has 3 heterocycles. The van der Waals surface area contributed by atoms with E-state index in [9.17, 15) is 4.79 Å². The number of nitrogens with one attached hydrogen (secondary N) is 1. The number of fused-ring (bicyclic) bond motifs is 2. The molecule has 0 saturated heterocycles. The van der Waals surface area contributed by atoms with Crippen molar-refractivity contribution in [2.45, 2.75) is 25.7 Å². The van der Waals surface area contributed by atoms with Gasteiger partial charge in [0.1, 0.15) is 0 Å². The molecule has 148 valence electrons. The Kier molecular flexibility index (Phi) is 4.72. The van der Waals surface area contributed by atoms with Crippen LogP contribution in [0, 0.1) is 0 Å². The van der Waals surface area contributed by atoms with Gasteiger partial charge in [-0.3, -0.25) is 9.69 Å². The minimum absolute atomic E-state index is 0.143. The Hall–Kier alpha value is -2.85. The molecule has 0 radical (unpaired) electrons. The third kappa shape index (κ3) is 3.49. The van der Waals surface area contributed by atoms with E-state index < -0.39 is 0 Å². The van der Waals surface area contributed by atoms with E-state index in [1.807, 2.05) is 17.2 Å². The molecule has 0 bridgehead atoms. The fraction of sp³-hybridized carbons (Fsp3) is 0.320. The summed E-state index contributed by atoms with van der Waals surface area (Å²) in [4.78, 5) is 19.7. The summed E-state index contributed by atoms with van der Waals surface area (Å²) in [5.41, 5.74) is 6.43. The summed E-state index contributed by atoms with van der Waals surface area (Å²) in [6.07, 6.45) is 6.58. The Balaban J connectivity index is 1.23. The van der Waals surface area contributed by atoms with Crippen molar-refractivity contribution in [2.24, 2.45) is 0 Å². The van der Waals surface area contributed by atoms with Crippen LogP contribution in [0.15, 0.2) is 60.8 Å². The number of carbonyl (C=O) groups is 1. The summed E-state index contributed by atoms with van der Waals surface area (Å²) in [6.45, 7) is 5.67. The van der Waals surface area contributed by atoms with E-state index in [1.54, 1.807) is 6.92 Å². The number of aromatic amines is 1. The Morgan fingerprint density at radius 3 is 2.90 bits per heavy atom. The normalized spacial score (nSPS) is 19.4. The van der Waals surface area contributed by atoms with E-state index in [0.29, 0.717) is 5.92 Å². The number of benzene rings is 2. The van der Waals surface area contributed by atoms with E-state index in [4.69, 9.17) is 0 Å². The van der Waals surface area contributed by atoms with E-state index in [2.05, 4.69) is 58.4 Å². The lowest BCUT2D eigenvalue weighted by atomic mass is 9.96. The fourth-order valence-electron chi connectivity index (χ4n) is 4.81. The summed E-state index contributed by atoms with van der Waals surface area (Å²) in [6, 6.07) is 17.2. The Bertz CT molecular complexity index is 1080. The first-order valence-electron chi connectivity index (χ1n) is 10.5. The highest BCUT2D eigenvalue weighted by molar-refractivity contribution is 5.94. The summed E-state index contributed by atoms with van der Waals surface area (Å²) in [5, 5.41) is 1.28. The number of para-hydroxylation sites is 1. The van der Waals surface area contributed by atoms with Gasteiger partial charge in [-0.1, -0.05) is 30.3 Å². The molecule has 2 aromatic carbocycles. The zero-order valence-electron chi connectivity index (χ0n) is 16.9. The van der Waals surface area contributed by atoms with Crippen LogP contribution in [0.3, 0.4) is 0 Å². The third-order valence-corrected chi connectivity index (χ3v) is 6.46. The lowest BCUT2D eigenvalue weighted by Crippen LogP contribution is -2.31. The highest BCUT2D eigenvalue weighted by Crippen LogP contribution is 2.38. The molecule has 29 heavy (non-hydrogen) atoms. The molecule has 4 nitrogen and oxygen atoms in total. The topological polar surface area (TPSA) is 39.3 Å². The van der Waals surface area contributed by atoms with Crippen LogP contribution in [-0.4, -0.2) is 42.0 Å². The average molecular weight is 386 g/mol. The lowest BCUT2D eigenvalue weighted by Gasteiger charge is -2.27. The van der Waals surface area contributed by atoms with Crippen molar-refractivity contribution >= 4 is 28.1 Å². The fourth-order valence-corrected chi connectivity index (χ4v) is 4.81. The molecule has 1 aromatic heterocycles. The maximum atomic E-state index is 12.0. The molecule has 0 saturated carbocycles. The van der Waals surface area contributed by atoms with Gasteiger partial charge in [0, 0.05) is 49.9 Å². The van der Waals surface area contributed by atoms with Crippen LogP contribution < -0.4 is 4.90 Å². The lowest BCUT2D eigenvalue weighted by molar-refractivity contribution is -0.116. The first-order valence-corrected chi connectivity index (χ1v) is 10.5. The Morgan fingerprint density at radius 2 is 2.07 bits per heavy atom. The van der Waals surface area contributed by atoms with Crippen LogP contribution in [0.5, 0.6) is 0 Å². The van der Waals surface area contributed by atoms with Gasteiger partial charge in [-0.2, -0.15) is 0 Å². The van der Waals surface area contributed by atoms with Crippen LogP contribution in [-0.2, 0) is 4.79 Å². The highest BCUT2D eigenvalue weighted by Gasteiger charge is 2.30. The second kappa shape index (κ2) is 7.53. The quantitative estimate of drug-likeness (QED) is 0.701. The van der Waals surface area contributed by atoms with Crippen LogP contribution in [0.1, 0.15) is 36.8 Å². The number of hydrogen-bond acceptors (Lipinski definition) is 2. The maximum Gasteiger partial charge on any atom is 0.223 e. The average Bonchev–Trinajstić information content (AvgIpc) is 3.37. The van der Waals surface area contributed by atoms with Gasteiger partial charge in [0.25, 0.3) is 0 Å². The van der Waals surface area contributed by atoms with Crippen LogP contribution in [0.4, 0.5) is 5.69 Å². The molecule has 1 atom stereocenters. The number of hydrogen-bond donors (Lipinski definition) is 1. The molecule has 2 aliphatic rings. The highest BCUT2D eigenvalue weighted by atomic mass is 16.2. The number of amides is 1. The van der Waals surface area contributed by atoms with Gasteiger partial charge in [0.2, 0.25) is 5.91 Å². The zero-order valence-corrected chi connectivity index (χ0v) is 16.9. The summed E-state index contributed by atoms with van der Waals surface area (Å²) in [5.74, 6) is 0.585. The van der Waals surface area contributed by atoms with Crippen molar-refractivity contribution in [1.29, 1.82) is 0 Å². The summed E-state index contributed by atoms with van der Waals surface area (Å²) < 4.78 is 0. The van der Waals surface area contributed by atoms with E-state index in [0.717, 1.165) is 44.7 Å². The number of rotatable bonds is 4. The molecule has 0 fully saturated rings. The monoisotopic (exact) mass is 385 g/mol. The maximum absolute atomic E-state index is 12.0. The number of anilines is 1. The zero-order chi connectivity index (χ0) is 19.8. The van der Waals surface area contributed by atoms with Crippen LogP contribution in [0.25, 0.3) is 16.5 Å². The number of carbonyl (C=O) groups excluding carboxylic acids is 1. The van der Waals surface area contributed by atoms with Crippen molar-refractivity contribution in [1.82, 2.24) is 9.88 Å². The van der Waals surface area contributed by atoms with Crippen molar-refractivity contribution in [3.8, 4) is 0 Å². The Morgan fingerprint density at radius 1 is 1.17 bits per heavy atom. The molecule has 1 amide bonds. The molecule has 3 aromatic rings. The van der Waals surface area contributed by atoms with Crippen molar-refractivity contribution in [3.05, 3.63) is 71.9 Å². The first kappa shape index (κ1) is 18.2. The molecular formula is C25H27N3O. The van der Waals surface area contributed by atoms with Crippen molar-refractivity contribution in [2.75, 3.05) is 31.1 Å². The predicted octanol–water partition coefficient (Wildman–Crippen LogP) is 4.80. The smallest absolute Gasteiger partial charge is 0.223 e. The molecule has 2 aliphatic heterocycles. The van der Waals surface area contributed by atoms with Gasteiger partial charge in [-0.15, -0.1) is 0 Å². The number of aromatic nitrogens is 1. The minimum atomic E-state index is 0.143. The van der Waals surface area contributed by atoms with Gasteiger partial charge >= 0.3 is 0 Å². The van der Waals surface area contributed by atoms with E-state index in [-0.39, 0.29) is 5.91 Å². The minimum Gasteiger partial charge on any atom is -0.361 e. The van der Waals surface area contributed by atoms with E-state index >= 15 is 0 Å². The summed E-state index contributed by atoms with van der Waals surface area (Å²) >= 11 is 0. The summed E-state index contributed by atoms with van der Waals surface area (Å²) in [7, 11) is 0. The molecule has 1 N–H and O–H groups in total. The first-order chi connectivity index (χ1) is 14.2. The van der Waals surface area contributed by atoms with Gasteiger partial charge in [-0.25, -0.2) is 0 Å². The van der Waals surface area contributed by atoms with Gasteiger partial charge in [0.05, 0.1) is 0 Å². The van der Waals surface area contributed by atoms with Crippen molar-refractivity contribution < 1.29 is 4.79 Å². The van der Waals surface area contributed by atoms with Gasteiger partial charge in [-0.05, 0) is 65.7 Å². The SMILES string of the molecule is CC(=O)N1CC(CCN2CC=C(c3ccc4[nH]ccc4c3)CC2)c2ccccc21. The molecular weight excluding hydrogens is 358 g/mol. The van der Waals surface area contributed by atoms with Crippen LogP contribution in [0.2, 0.25) is 0 Å². The Labute approximate surface area is 171 Å². The predicted molar refractivity (Wildman–Crippen MR) is 119 cm³/mol. The molecule has 4 heteroatoms. The number of nitrogens with zero attached hydrogens (tertiary/aromatic N) is 2. The van der Waals surface area contributed by atoms with E-state index in [1.165, 1.54) is 27.6 Å². The third-order valence-electron chi connectivity index (χ3n) is 6.46.